The molecule has 2 aliphatic carbocycles. The Morgan fingerprint density at radius 2 is 1.68 bits per heavy atom. The molecular formula is C22H26N2O3S. The molecule has 5 nitrogen and oxygen atoms in total. The van der Waals surface area contributed by atoms with Crippen LogP contribution < -0.4 is 10.0 Å². The van der Waals surface area contributed by atoms with Crippen LogP contribution in [0.4, 0.5) is 0 Å². The molecule has 28 heavy (non-hydrogen) atoms. The predicted octanol–water partition coefficient (Wildman–Crippen LogP) is 3.63. The van der Waals surface area contributed by atoms with Crippen LogP contribution in [-0.2, 0) is 10.0 Å². The van der Waals surface area contributed by atoms with Gasteiger partial charge in [-0.1, -0.05) is 35.9 Å². The van der Waals surface area contributed by atoms with E-state index >= 15 is 0 Å². The summed E-state index contributed by atoms with van der Waals surface area (Å²) in [6, 6.07) is 13.0. The van der Waals surface area contributed by atoms with Crippen molar-refractivity contribution >= 4 is 15.9 Å². The monoisotopic (exact) mass is 398 g/mol. The van der Waals surface area contributed by atoms with Gasteiger partial charge in [0.25, 0.3) is 5.91 Å². The Balaban J connectivity index is 1.58. The number of hydrogen-bond donors (Lipinski definition) is 2. The van der Waals surface area contributed by atoms with Crippen molar-refractivity contribution in [2.75, 3.05) is 0 Å². The highest BCUT2D eigenvalue weighted by Gasteiger charge is 2.34. The molecular weight excluding hydrogens is 372 g/mol. The van der Waals surface area contributed by atoms with Gasteiger partial charge in [0, 0.05) is 11.6 Å². The first-order chi connectivity index (χ1) is 13.3. The van der Waals surface area contributed by atoms with E-state index < -0.39 is 10.0 Å². The molecule has 1 unspecified atom stereocenters. The normalized spacial score (nSPS) is 17.9. The standard InChI is InChI=1S/C22H26N2O3S/c1-14-3-6-16(7-4-14)21(17-8-9-17)23-22(25)20-13-19(12-5-15(20)2)28(26,27)24-18-10-11-18/h3-7,12-13,17-18,21,24H,8-11H2,1-2H3,(H,23,25). The number of nitrogens with one attached hydrogen (secondary N) is 2. The van der Waals surface area contributed by atoms with Gasteiger partial charge in [0.15, 0.2) is 0 Å². The highest BCUT2D eigenvalue weighted by atomic mass is 32.2. The van der Waals surface area contributed by atoms with Gasteiger partial charge in [-0.05, 0) is 68.7 Å². The van der Waals surface area contributed by atoms with Gasteiger partial charge in [0.05, 0.1) is 10.9 Å². The fraction of sp³-hybridized carbons (Fsp3) is 0.409. The van der Waals surface area contributed by atoms with Gasteiger partial charge in [0.1, 0.15) is 0 Å². The van der Waals surface area contributed by atoms with Gasteiger partial charge >= 0.3 is 0 Å². The Bertz CT molecular complexity index is 991. The van der Waals surface area contributed by atoms with Crippen molar-refractivity contribution in [2.45, 2.75) is 56.5 Å². The van der Waals surface area contributed by atoms with E-state index in [1.807, 2.05) is 13.8 Å². The lowest BCUT2D eigenvalue weighted by molar-refractivity contribution is 0.0931. The second-order valence-corrected chi connectivity index (χ2v) is 9.79. The number of amides is 1. The van der Waals surface area contributed by atoms with E-state index in [1.165, 1.54) is 11.6 Å². The molecule has 1 amide bonds. The molecule has 2 fully saturated rings. The summed E-state index contributed by atoms with van der Waals surface area (Å²) in [7, 11) is -3.59. The summed E-state index contributed by atoms with van der Waals surface area (Å²) in [5, 5.41) is 3.15. The number of benzene rings is 2. The number of carbonyl (C=O) groups is 1. The maximum absolute atomic E-state index is 13.0. The summed E-state index contributed by atoms with van der Waals surface area (Å²) >= 11 is 0. The van der Waals surface area contributed by atoms with Crippen molar-refractivity contribution < 1.29 is 13.2 Å². The van der Waals surface area contributed by atoms with E-state index in [0.717, 1.165) is 36.8 Å². The molecule has 1 atom stereocenters. The number of hydrogen-bond acceptors (Lipinski definition) is 3. The van der Waals surface area contributed by atoms with E-state index in [-0.39, 0.29) is 22.9 Å². The van der Waals surface area contributed by atoms with Crippen LogP contribution >= 0.6 is 0 Å². The van der Waals surface area contributed by atoms with E-state index in [4.69, 9.17) is 0 Å². The summed E-state index contributed by atoms with van der Waals surface area (Å²) in [6.07, 6.45) is 3.94. The van der Waals surface area contributed by atoms with Gasteiger partial charge < -0.3 is 5.32 Å². The van der Waals surface area contributed by atoms with Crippen molar-refractivity contribution in [3.8, 4) is 0 Å². The molecule has 0 spiro atoms. The van der Waals surface area contributed by atoms with Crippen molar-refractivity contribution in [1.29, 1.82) is 0 Å². The molecule has 2 aromatic carbocycles. The molecule has 4 rings (SSSR count). The smallest absolute Gasteiger partial charge is 0.252 e. The molecule has 2 saturated carbocycles. The lowest BCUT2D eigenvalue weighted by Crippen LogP contribution is -2.31. The third-order valence-corrected chi connectivity index (χ3v) is 7.00. The van der Waals surface area contributed by atoms with Crippen molar-refractivity contribution in [3.05, 3.63) is 64.7 Å². The van der Waals surface area contributed by atoms with Gasteiger partial charge in [-0.2, -0.15) is 0 Å². The average Bonchev–Trinajstić information content (AvgIpc) is 3.55. The molecule has 2 aliphatic rings. The van der Waals surface area contributed by atoms with E-state index in [0.29, 0.717) is 11.5 Å². The first-order valence-corrected chi connectivity index (χ1v) is 11.3. The summed E-state index contributed by atoms with van der Waals surface area (Å²) in [6.45, 7) is 3.87. The average molecular weight is 399 g/mol. The Morgan fingerprint density at radius 3 is 2.29 bits per heavy atom. The minimum atomic E-state index is -3.59. The van der Waals surface area contributed by atoms with Crippen LogP contribution in [0.1, 0.15) is 58.8 Å². The molecule has 0 bridgehead atoms. The van der Waals surface area contributed by atoms with Crippen LogP contribution in [0.3, 0.4) is 0 Å². The molecule has 0 aliphatic heterocycles. The zero-order chi connectivity index (χ0) is 19.9. The van der Waals surface area contributed by atoms with E-state index in [2.05, 4.69) is 34.3 Å². The summed E-state index contributed by atoms with van der Waals surface area (Å²) in [4.78, 5) is 13.2. The van der Waals surface area contributed by atoms with Crippen LogP contribution in [0.2, 0.25) is 0 Å². The summed E-state index contributed by atoms with van der Waals surface area (Å²) in [5.74, 6) is 0.217. The van der Waals surface area contributed by atoms with Crippen LogP contribution in [0.5, 0.6) is 0 Å². The first-order valence-electron chi connectivity index (χ1n) is 9.84. The molecule has 2 aromatic rings. The molecule has 0 radical (unpaired) electrons. The van der Waals surface area contributed by atoms with Gasteiger partial charge in [-0.3, -0.25) is 4.79 Å². The second kappa shape index (κ2) is 7.33. The van der Waals surface area contributed by atoms with Gasteiger partial charge in [-0.25, -0.2) is 13.1 Å². The predicted molar refractivity (Wildman–Crippen MR) is 109 cm³/mol. The Hall–Kier alpha value is -2.18. The highest BCUT2D eigenvalue weighted by molar-refractivity contribution is 7.89. The van der Waals surface area contributed by atoms with Crippen molar-refractivity contribution in [2.24, 2.45) is 5.92 Å². The van der Waals surface area contributed by atoms with Crippen molar-refractivity contribution in [1.82, 2.24) is 10.0 Å². The van der Waals surface area contributed by atoms with Crippen LogP contribution in [0.15, 0.2) is 47.4 Å². The van der Waals surface area contributed by atoms with Crippen molar-refractivity contribution in [3.63, 3.8) is 0 Å². The van der Waals surface area contributed by atoms with E-state index in [1.54, 1.807) is 12.1 Å². The maximum atomic E-state index is 13.0. The second-order valence-electron chi connectivity index (χ2n) is 8.07. The SMILES string of the molecule is Cc1ccc(C(NC(=O)c2cc(S(=O)(=O)NC3CC3)ccc2C)C2CC2)cc1. The zero-order valence-electron chi connectivity index (χ0n) is 16.2. The lowest BCUT2D eigenvalue weighted by atomic mass is 10.00. The summed E-state index contributed by atoms with van der Waals surface area (Å²) in [5.41, 5.74) is 3.46. The molecule has 6 heteroatoms. The molecule has 0 heterocycles. The fourth-order valence-corrected chi connectivity index (χ4v) is 4.73. The molecule has 0 saturated heterocycles. The largest absolute Gasteiger partial charge is 0.345 e. The Labute approximate surface area is 166 Å². The quantitative estimate of drug-likeness (QED) is 0.748. The maximum Gasteiger partial charge on any atom is 0.252 e. The third kappa shape index (κ3) is 4.28. The molecule has 2 N–H and O–H groups in total. The number of aryl methyl sites for hydroxylation is 2. The summed E-state index contributed by atoms with van der Waals surface area (Å²) < 4.78 is 27.7. The van der Waals surface area contributed by atoms with Crippen LogP contribution in [0, 0.1) is 19.8 Å². The molecule has 0 aromatic heterocycles. The number of carbonyl (C=O) groups excluding carboxylic acids is 1. The fourth-order valence-electron chi connectivity index (χ4n) is 3.40. The number of sulfonamides is 1. The highest BCUT2D eigenvalue weighted by Crippen LogP contribution is 2.41. The minimum absolute atomic E-state index is 0.0318. The lowest BCUT2D eigenvalue weighted by Gasteiger charge is -2.20. The first kappa shape index (κ1) is 19.2. The Kier molecular flexibility index (Phi) is 5.02. The van der Waals surface area contributed by atoms with Crippen LogP contribution in [0.25, 0.3) is 0 Å². The van der Waals surface area contributed by atoms with Gasteiger partial charge in [0.2, 0.25) is 10.0 Å². The number of rotatable bonds is 7. The van der Waals surface area contributed by atoms with Gasteiger partial charge in [-0.15, -0.1) is 0 Å². The van der Waals surface area contributed by atoms with Crippen LogP contribution in [-0.4, -0.2) is 20.4 Å². The topological polar surface area (TPSA) is 75.3 Å². The Morgan fingerprint density at radius 1 is 1.00 bits per heavy atom. The third-order valence-electron chi connectivity index (χ3n) is 5.48. The van der Waals surface area contributed by atoms with E-state index in [9.17, 15) is 13.2 Å². The minimum Gasteiger partial charge on any atom is -0.345 e. The molecule has 148 valence electrons. The zero-order valence-corrected chi connectivity index (χ0v) is 17.1.